The van der Waals surface area contributed by atoms with Gasteiger partial charge in [0.25, 0.3) is 0 Å². The average molecular weight is 156 g/mol. The Bertz CT molecular complexity index is 105. The molecule has 58 valence electrons. The van der Waals surface area contributed by atoms with E-state index in [0.717, 1.165) is 17.7 Å². The highest BCUT2D eigenvalue weighted by Gasteiger charge is 1.92. The summed E-state index contributed by atoms with van der Waals surface area (Å²) in [6, 6.07) is 0. The second kappa shape index (κ2) is 6.94. The van der Waals surface area contributed by atoms with Crippen LogP contribution in [0.3, 0.4) is 0 Å². The zero-order chi connectivity index (χ0) is 7.82. The summed E-state index contributed by atoms with van der Waals surface area (Å²) in [5.74, 6) is 0. The summed E-state index contributed by atoms with van der Waals surface area (Å²) in [6.07, 6.45) is 7.74. The van der Waals surface area contributed by atoms with Gasteiger partial charge in [-0.15, -0.1) is 6.58 Å². The van der Waals surface area contributed by atoms with Gasteiger partial charge >= 0.3 is 0 Å². The first-order valence-electron chi connectivity index (χ1n) is 3.93. The Balaban J connectivity index is 3.13. The van der Waals surface area contributed by atoms with Gasteiger partial charge in [-0.2, -0.15) is 0 Å². The van der Waals surface area contributed by atoms with Gasteiger partial charge in [-0.25, -0.2) is 0 Å². The van der Waals surface area contributed by atoms with Crippen molar-refractivity contribution in [1.29, 1.82) is 0 Å². The average Bonchev–Trinajstić information content (AvgIpc) is 1.89. The van der Waals surface area contributed by atoms with Gasteiger partial charge in [0.15, 0.2) is 0 Å². The van der Waals surface area contributed by atoms with Crippen molar-refractivity contribution in [3.8, 4) is 0 Å². The van der Waals surface area contributed by atoms with Crippen LogP contribution in [0.2, 0.25) is 0 Å². The van der Waals surface area contributed by atoms with Gasteiger partial charge < -0.3 is 0 Å². The Morgan fingerprint density at radius 1 is 1.50 bits per heavy atom. The van der Waals surface area contributed by atoms with E-state index in [9.17, 15) is 0 Å². The smallest absolute Gasteiger partial charge is 0.00340 e. The van der Waals surface area contributed by atoms with Crippen LogP contribution in [0.1, 0.15) is 39.0 Å². The third-order valence-electron chi connectivity index (χ3n) is 1.43. The van der Waals surface area contributed by atoms with Crippen LogP contribution in [-0.2, 0) is 0 Å². The number of hydrogen-bond acceptors (Lipinski definition) is 1. The molecule has 0 rings (SSSR count). The maximum atomic E-state index is 5.10. The Morgan fingerprint density at radius 3 is 2.70 bits per heavy atom. The molecule has 0 bridgehead atoms. The zero-order valence-electron chi connectivity index (χ0n) is 6.73. The van der Waals surface area contributed by atoms with Crippen LogP contribution in [0.5, 0.6) is 0 Å². The first kappa shape index (κ1) is 9.83. The fourth-order valence-corrected chi connectivity index (χ4v) is 1.10. The minimum Gasteiger partial charge on any atom is -0.103 e. The third-order valence-corrected chi connectivity index (χ3v) is 1.80. The molecule has 0 aliphatic heterocycles. The van der Waals surface area contributed by atoms with Crippen LogP contribution >= 0.6 is 12.2 Å². The van der Waals surface area contributed by atoms with Crippen LogP contribution < -0.4 is 0 Å². The topological polar surface area (TPSA) is 0 Å². The molecule has 0 saturated heterocycles. The molecule has 0 spiro atoms. The molecular weight excluding hydrogens is 140 g/mol. The maximum Gasteiger partial charge on any atom is -0.00340 e. The number of hydrogen-bond donors (Lipinski definition) is 0. The Hall–Kier alpha value is -0.170. The molecule has 0 atom stereocenters. The lowest BCUT2D eigenvalue weighted by molar-refractivity contribution is 0.742. The second-order valence-corrected chi connectivity index (χ2v) is 3.07. The highest BCUT2D eigenvalue weighted by molar-refractivity contribution is 7.80. The van der Waals surface area contributed by atoms with Gasteiger partial charge in [0.2, 0.25) is 0 Å². The molecule has 0 aromatic heterocycles. The second-order valence-electron chi connectivity index (χ2n) is 2.49. The molecule has 0 N–H and O–H groups in total. The molecule has 0 fully saturated rings. The molecule has 0 radical (unpaired) electrons. The van der Waals surface area contributed by atoms with Crippen LogP contribution in [0, 0.1) is 0 Å². The van der Waals surface area contributed by atoms with E-state index in [1.165, 1.54) is 19.3 Å². The van der Waals surface area contributed by atoms with E-state index in [2.05, 4.69) is 13.5 Å². The summed E-state index contributed by atoms with van der Waals surface area (Å²) in [4.78, 5) is 1.16. The van der Waals surface area contributed by atoms with Gasteiger partial charge in [-0.1, -0.05) is 38.1 Å². The van der Waals surface area contributed by atoms with Crippen LogP contribution in [-0.4, -0.2) is 4.86 Å². The van der Waals surface area contributed by atoms with E-state index in [-0.39, 0.29) is 0 Å². The summed E-state index contributed by atoms with van der Waals surface area (Å²) in [7, 11) is 0. The number of unbranched alkanes of at least 4 members (excludes halogenated alkanes) is 2. The standard InChI is InChI=1S/C9H16S/c1-3-5-6-8-9(10)7-4-2/h4H,2-3,5-8H2,1H3. The monoisotopic (exact) mass is 156 g/mol. The molecular formula is C9H16S. The molecule has 0 aliphatic rings. The number of rotatable bonds is 6. The summed E-state index contributed by atoms with van der Waals surface area (Å²) in [6.45, 7) is 5.85. The van der Waals surface area contributed by atoms with E-state index in [1.54, 1.807) is 0 Å². The van der Waals surface area contributed by atoms with Gasteiger partial charge in [-0.3, -0.25) is 0 Å². The van der Waals surface area contributed by atoms with Gasteiger partial charge in [0.05, 0.1) is 0 Å². The highest BCUT2D eigenvalue weighted by Crippen LogP contribution is 2.03. The van der Waals surface area contributed by atoms with Gasteiger partial charge in [0.1, 0.15) is 0 Å². The van der Waals surface area contributed by atoms with Crippen molar-refractivity contribution >= 4 is 17.1 Å². The maximum absolute atomic E-state index is 5.10. The van der Waals surface area contributed by atoms with Crippen LogP contribution in [0.15, 0.2) is 12.7 Å². The van der Waals surface area contributed by atoms with Crippen molar-refractivity contribution in [2.24, 2.45) is 0 Å². The lowest BCUT2D eigenvalue weighted by atomic mass is 10.1. The quantitative estimate of drug-likeness (QED) is 0.322. The first-order valence-corrected chi connectivity index (χ1v) is 4.34. The predicted molar refractivity (Wildman–Crippen MR) is 51.6 cm³/mol. The molecule has 0 aromatic rings. The largest absolute Gasteiger partial charge is 0.103 e. The molecule has 10 heavy (non-hydrogen) atoms. The van der Waals surface area contributed by atoms with E-state index >= 15 is 0 Å². The first-order chi connectivity index (χ1) is 4.81. The number of thiocarbonyl (C=S) groups is 1. The van der Waals surface area contributed by atoms with Gasteiger partial charge in [0, 0.05) is 0 Å². The van der Waals surface area contributed by atoms with Crippen LogP contribution in [0.25, 0.3) is 0 Å². The van der Waals surface area contributed by atoms with E-state index in [1.807, 2.05) is 6.08 Å². The van der Waals surface area contributed by atoms with E-state index in [0.29, 0.717) is 0 Å². The fourth-order valence-electron chi connectivity index (χ4n) is 0.835. The van der Waals surface area contributed by atoms with Gasteiger partial charge in [-0.05, 0) is 24.1 Å². The highest BCUT2D eigenvalue weighted by atomic mass is 32.1. The molecule has 0 nitrogen and oxygen atoms in total. The molecule has 0 saturated carbocycles. The lowest BCUT2D eigenvalue weighted by Gasteiger charge is -1.97. The molecule has 0 aliphatic carbocycles. The van der Waals surface area contributed by atoms with Crippen molar-refractivity contribution < 1.29 is 0 Å². The molecule has 1 heteroatoms. The minimum atomic E-state index is 0.916. The lowest BCUT2D eigenvalue weighted by Crippen LogP contribution is -1.91. The Kier molecular flexibility index (Phi) is 6.83. The Labute approximate surface area is 69.3 Å². The summed E-state index contributed by atoms with van der Waals surface area (Å²) >= 11 is 5.10. The number of allylic oxidation sites excluding steroid dienone is 1. The van der Waals surface area contributed by atoms with E-state index < -0.39 is 0 Å². The molecule has 0 heterocycles. The van der Waals surface area contributed by atoms with Crippen molar-refractivity contribution in [3.63, 3.8) is 0 Å². The minimum absolute atomic E-state index is 0.916. The van der Waals surface area contributed by atoms with Crippen molar-refractivity contribution in [1.82, 2.24) is 0 Å². The van der Waals surface area contributed by atoms with Crippen LogP contribution in [0.4, 0.5) is 0 Å². The van der Waals surface area contributed by atoms with Crippen molar-refractivity contribution in [2.75, 3.05) is 0 Å². The molecule has 0 amide bonds. The fraction of sp³-hybridized carbons (Fsp3) is 0.667. The molecule has 0 aromatic carbocycles. The zero-order valence-corrected chi connectivity index (χ0v) is 7.54. The molecule has 0 unspecified atom stereocenters. The van der Waals surface area contributed by atoms with Crippen molar-refractivity contribution in [3.05, 3.63) is 12.7 Å². The summed E-state index contributed by atoms with van der Waals surface area (Å²) in [5, 5.41) is 0. The third kappa shape index (κ3) is 5.96. The summed E-state index contributed by atoms with van der Waals surface area (Å²) < 4.78 is 0. The predicted octanol–water partition coefficient (Wildman–Crippen LogP) is 3.51. The SMILES string of the molecule is C=CCC(=S)CCCCC. The van der Waals surface area contributed by atoms with E-state index in [4.69, 9.17) is 12.2 Å². The van der Waals surface area contributed by atoms with Crippen molar-refractivity contribution in [2.45, 2.75) is 39.0 Å². The summed E-state index contributed by atoms with van der Waals surface area (Å²) in [5.41, 5.74) is 0. The Morgan fingerprint density at radius 2 is 2.20 bits per heavy atom. The normalized spacial score (nSPS) is 9.30.